The third-order valence-corrected chi connectivity index (χ3v) is 2.69. The first kappa shape index (κ1) is 11.1. The summed E-state index contributed by atoms with van der Waals surface area (Å²) in [6, 6.07) is 0. The lowest BCUT2D eigenvalue weighted by atomic mass is 10.2. The maximum atomic E-state index is 11.8. The molecule has 0 unspecified atom stereocenters. The molecule has 1 aliphatic heterocycles. The Morgan fingerprint density at radius 1 is 1.69 bits per heavy atom. The number of likely N-dealkylation sites (N-methyl/N-ethyl adjacent to an activating group) is 1. The van der Waals surface area contributed by atoms with Gasteiger partial charge in [0.25, 0.3) is 0 Å². The minimum absolute atomic E-state index is 0.0287. The van der Waals surface area contributed by atoms with Gasteiger partial charge in [-0.15, -0.1) is 0 Å². The molecular formula is C10H16N4O2. The zero-order chi connectivity index (χ0) is 11.4. The first-order valence-electron chi connectivity index (χ1n) is 5.43. The smallest absolute Gasteiger partial charge is 0.244 e. The van der Waals surface area contributed by atoms with E-state index in [0.29, 0.717) is 6.54 Å². The van der Waals surface area contributed by atoms with Gasteiger partial charge in [0.05, 0.1) is 6.10 Å². The Morgan fingerprint density at radius 2 is 2.56 bits per heavy atom. The first-order valence-corrected chi connectivity index (χ1v) is 5.43. The summed E-state index contributed by atoms with van der Waals surface area (Å²) in [5.74, 6) is 0.0287. The van der Waals surface area contributed by atoms with Gasteiger partial charge in [0.1, 0.15) is 19.2 Å². The molecule has 6 heteroatoms. The molecule has 2 heterocycles. The fourth-order valence-electron chi connectivity index (χ4n) is 1.77. The van der Waals surface area contributed by atoms with E-state index in [1.54, 1.807) is 11.9 Å². The van der Waals surface area contributed by atoms with Crippen LogP contribution in [0.4, 0.5) is 0 Å². The Balaban J connectivity index is 1.79. The first-order chi connectivity index (χ1) is 7.75. The van der Waals surface area contributed by atoms with Crippen LogP contribution < -0.4 is 0 Å². The third-order valence-electron chi connectivity index (χ3n) is 2.69. The van der Waals surface area contributed by atoms with Gasteiger partial charge in [-0.05, 0) is 12.8 Å². The molecule has 0 N–H and O–H groups in total. The molecular weight excluding hydrogens is 208 g/mol. The van der Waals surface area contributed by atoms with Crippen LogP contribution in [0.2, 0.25) is 0 Å². The van der Waals surface area contributed by atoms with Gasteiger partial charge in [0.2, 0.25) is 5.91 Å². The fourth-order valence-corrected chi connectivity index (χ4v) is 1.77. The fraction of sp³-hybridized carbons (Fsp3) is 0.700. The van der Waals surface area contributed by atoms with Gasteiger partial charge in [-0.1, -0.05) is 0 Å². The second-order valence-corrected chi connectivity index (χ2v) is 4.00. The van der Waals surface area contributed by atoms with Crippen LogP contribution in [0.5, 0.6) is 0 Å². The molecule has 1 aliphatic rings. The average molecular weight is 224 g/mol. The normalized spacial score (nSPS) is 19.9. The second kappa shape index (κ2) is 5.07. The summed E-state index contributed by atoms with van der Waals surface area (Å²) in [4.78, 5) is 17.3. The average Bonchev–Trinajstić information content (AvgIpc) is 2.90. The zero-order valence-corrected chi connectivity index (χ0v) is 9.37. The number of aromatic nitrogens is 3. The molecule has 1 aromatic rings. The molecule has 1 atom stereocenters. The summed E-state index contributed by atoms with van der Waals surface area (Å²) >= 11 is 0. The molecule has 16 heavy (non-hydrogen) atoms. The molecule has 0 spiro atoms. The molecule has 1 amide bonds. The number of carbonyl (C=O) groups is 1. The van der Waals surface area contributed by atoms with Crippen LogP contribution in [0.3, 0.4) is 0 Å². The van der Waals surface area contributed by atoms with Gasteiger partial charge < -0.3 is 9.64 Å². The van der Waals surface area contributed by atoms with Crippen molar-refractivity contribution < 1.29 is 9.53 Å². The highest BCUT2D eigenvalue weighted by molar-refractivity contribution is 5.75. The number of rotatable bonds is 4. The lowest BCUT2D eigenvalue weighted by molar-refractivity contribution is -0.132. The molecule has 0 aromatic carbocycles. The summed E-state index contributed by atoms with van der Waals surface area (Å²) in [6.07, 6.45) is 5.30. The molecule has 0 aliphatic carbocycles. The van der Waals surface area contributed by atoms with E-state index in [4.69, 9.17) is 4.74 Å². The molecule has 0 saturated carbocycles. The van der Waals surface area contributed by atoms with E-state index < -0.39 is 0 Å². The maximum Gasteiger partial charge on any atom is 0.244 e. The van der Waals surface area contributed by atoms with Crippen LogP contribution in [0, 0.1) is 0 Å². The van der Waals surface area contributed by atoms with E-state index in [0.717, 1.165) is 19.4 Å². The number of amides is 1. The van der Waals surface area contributed by atoms with Gasteiger partial charge >= 0.3 is 0 Å². The lowest BCUT2D eigenvalue weighted by Crippen LogP contribution is -2.36. The standard InChI is InChI=1S/C10H16N4O2/c1-13(5-9-3-2-4-16-9)10(15)6-14-8-11-7-12-14/h7-9H,2-6H2,1H3/t9-/m1/s1. The van der Waals surface area contributed by atoms with Crippen LogP contribution in [0.15, 0.2) is 12.7 Å². The van der Waals surface area contributed by atoms with Crippen molar-refractivity contribution in [3.8, 4) is 0 Å². The van der Waals surface area contributed by atoms with Crippen molar-refractivity contribution in [2.24, 2.45) is 0 Å². The summed E-state index contributed by atoms with van der Waals surface area (Å²) in [7, 11) is 1.79. The van der Waals surface area contributed by atoms with E-state index in [-0.39, 0.29) is 18.6 Å². The summed E-state index contributed by atoms with van der Waals surface area (Å²) in [5, 5.41) is 3.90. The van der Waals surface area contributed by atoms with Crippen molar-refractivity contribution in [2.45, 2.75) is 25.5 Å². The molecule has 1 saturated heterocycles. The number of nitrogens with zero attached hydrogens (tertiary/aromatic N) is 4. The maximum absolute atomic E-state index is 11.8. The lowest BCUT2D eigenvalue weighted by Gasteiger charge is -2.20. The van der Waals surface area contributed by atoms with Crippen molar-refractivity contribution in [1.82, 2.24) is 19.7 Å². The highest BCUT2D eigenvalue weighted by Gasteiger charge is 2.20. The van der Waals surface area contributed by atoms with Crippen molar-refractivity contribution in [3.05, 3.63) is 12.7 Å². The van der Waals surface area contributed by atoms with Crippen LogP contribution in [0.25, 0.3) is 0 Å². The van der Waals surface area contributed by atoms with Gasteiger partial charge in [-0.25, -0.2) is 9.67 Å². The van der Waals surface area contributed by atoms with Gasteiger partial charge in [-0.2, -0.15) is 5.10 Å². The molecule has 0 bridgehead atoms. The van der Waals surface area contributed by atoms with Crippen molar-refractivity contribution in [3.63, 3.8) is 0 Å². The second-order valence-electron chi connectivity index (χ2n) is 4.00. The highest BCUT2D eigenvalue weighted by atomic mass is 16.5. The quantitative estimate of drug-likeness (QED) is 0.717. The van der Waals surface area contributed by atoms with Gasteiger partial charge in [0, 0.05) is 20.2 Å². The van der Waals surface area contributed by atoms with E-state index in [1.165, 1.54) is 17.3 Å². The Bertz CT molecular complexity index is 333. The largest absolute Gasteiger partial charge is 0.376 e. The van der Waals surface area contributed by atoms with Gasteiger partial charge in [0.15, 0.2) is 0 Å². The zero-order valence-electron chi connectivity index (χ0n) is 9.37. The predicted molar refractivity (Wildman–Crippen MR) is 56.6 cm³/mol. The molecule has 0 radical (unpaired) electrons. The number of carbonyl (C=O) groups excluding carboxylic acids is 1. The Morgan fingerprint density at radius 3 is 3.19 bits per heavy atom. The van der Waals surface area contributed by atoms with Crippen molar-refractivity contribution in [2.75, 3.05) is 20.2 Å². The topological polar surface area (TPSA) is 60.2 Å². The van der Waals surface area contributed by atoms with E-state index in [9.17, 15) is 4.79 Å². The summed E-state index contributed by atoms with van der Waals surface area (Å²) in [5.41, 5.74) is 0. The van der Waals surface area contributed by atoms with E-state index in [1.807, 2.05) is 0 Å². The minimum atomic E-state index is 0.0287. The van der Waals surface area contributed by atoms with Gasteiger partial charge in [-0.3, -0.25) is 4.79 Å². The summed E-state index contributed by atoms with van der Waals surface area (Å²) in [6.45, 7) is 1.71. The van der Waals surface area contributed by atoms with E-state index in [2.05, 4.69) is 10.1 Å². The third kappa shape index (κ3) is 2.79. The van der Waals surface area contributed by atoms with E-state index >= 15 is 0 Å². The van der Waals surface area contributed by atoms with Crippen molar-refractivity contribution in [1.29, 1.82) is 0 Å². The molecule has 1 fully saturated rings. The number of ether oxygens (including phenoxy) is 1. The van der Waals surface area contributed by atoms with Crippen molar-refractivity contribution >= 4 is 5.91 Å². The molecule has 1 aromatic heterocycles. The summed E-state index contributed by atoms with van der Waals surface area (Å²) < 4.78 is 7.00. The Kier molecular flexibility index (Phi) is 3.51. The monoisotopic (exact) mass is 224 g/mol. The molecule has 6 nitrogen and oxygen atoms in total. The number of hydrogen-bond acceptors (Lipinski definition) is 4. The van der Waals surface area contributed by atoms with Crippen LogP contribution in [-0.4, -0.2) is 51.9 Å². The minimum Gasteiger partial charge on any atom is -0.376 e. The number of hydrogen-bond donors (Lipinski definition) is 0. The van der Waals surface area contributed by atoms with Crippen LogP contribution >= 0.6 is 0 Å². The Labute approximate surface area is 94.2 Å². The van der Waals surface area contributed by atoms with Crippen LogP contribution in [0.1, 0.15) is 12.8 Å². The predicted octanol–water partition coefficient (Wildman–Crippen LogP) is -0.0845. The Hall–Kier alpha value is -1.43. The highest BCUT2D eigenvalue weighted by Crippen LogP contribution is 2.12. The SMILES string of the molecule is CN(C[C@H]1CCCO1)C(=O)Cn1cncn1. The van der Waals surface area contributed by atoms with Crippen LogP contribution in [-0.2, 0) is 16.1 Å². The molecule has 2 rings (SSSR count). The molecule has 88 valence electrons.